The molecule has 0 aromatic rings. The number of hydrogen-bond acceptors (Lipinski definition) is 3. The minimum atomic E-state index is 0.0774. The molecule has 0 saturated carbocycles. The van der Waals surface area contributed by atoms with Gasteiger partial charge < -0.3 is 10.4 Å². The minimum Gasteiger partial charge on any atom is -0.395 e. The Morgan fingerprint density at radius 2 is 1.84 bits per heavy atom. The van der Waals surface area contributed by atoms with Gasteiger partial charge in [-0.25, -0.2) is 0 Å². The Morgan fingerprint density at radius 1 is 1.16 bits per heavy atom. The van der Waals surface area contributed by atoms with E-state index >= 15 is 0 Å². The third kappa shape index (κ3) is 11.0. The van der Waals surface area contributed by atoms with Crippen LogP contribution in [0.2, 0.25) is 0 Å². The molecule has 0 aromatic carbocycles. The number of nitrogens with zero attached hydrogens (tertiary/aromatic N) is 1. The lowest BCUT2D eigenvalue weighted by Gasteiger charge is -2.22. The number of amides is 1. The van der Waals surface area contributed by atoms with Crippen molar-refractivity contribution in [2.75, 3.05) is 26.2 Å². The van der Waals surface area contributed by atoms with E-state index in [4.69, 9.17) is 5.11 Å². The maximum atomic E-state index is 11.9. The molecule has 0 heterocycles. The zero-order valence-corrected chi connectivity index (χ0v) is 13.0. The molecule has 1 amide bonds. The third-order valence-corrected chi connectivity index (χ3v) is 3.26. The summed E-state index contributed by atoms with van der Waals surface area (Å²) in [6, 6.07) is 0.251. The first-order valence-electron chi connectivity index (χ1n) is 7.76. The average molecular weight is 272 g/mol. The van der Waals surface area contributed by atoms with Crippen LogP contribution >= 0.6 is 0 Å². The van der Waals surface area contributed by atoms with Crippen molar-refractivity contribution >= 4 is 5.91 Å². The zero-order chi connectivity index (χ0) is 14.5. The smallest absolute Gasteiger partial charge is 0.234 e. The van der Waals surface area contributed by atoms with Gasteiger partial charge in [-0.3, -0.25) is 9.69 Å². The lowest BCUT2D eigenvalue weighted by molar-refractivity contribution is -0.123. The molecule has 0 radical (unpaired) electrons. The first-order valence-corrected chi connectivity index (χ1v) is 7.76. The standard InChI is InChI=1S/C15H32N2O2/c1-4-6-8-9-14(3)16-15(19)13-17(11-12-18)10-7-5-2/h14,18H,4-13H2,1-3H3,(H,16,19). The van der Waals surface area contributed by atoms with Crippen LogP contribution in [0, 0.1) is 0 Å². The van der Waals surface area contributed by atoms with Gasteiger partial charge in [-0.15, -0.1) is 0 Å². The van der Waals surface area contributed by atoms with Gasteiger partial charge in [-0.05, 0) is 26.3 Å². The van der Waals surface area contributed by atoms with Crippen LogP contribution in [0.1, 0.15) is 59.3 Å². The zero-order valence-electron chi connectivity index (χ0n) is 13.0. The highest BCUT2D eigenvalue weighted by atomic mass is 16.3. The summed E-state index contributed by atoms with van der Waals surface area (Å²) < 4.78 is 0. The molecule has 0 aliphatic heterocycles. The Labute approximate surface area is 118 Å². The van der Waals surface area contributed by atoms with Crippen LogP contribution < -0.4 is 5.32 Å². The van der Waals surface area contributed by atoms with Gasteiger partial charge in [0.05, 0.1) is 13.2 Å². The van der Waals surface area contributed by atoms with Crippen LogP contribution in [0.5, 0.6) is 0 Å². The maximum absolute atomic E-state index is 11.9. The van der Waals surface area contributed by atoms with Crippen LogP contribution in [0.15, 0.2) is 0 Å². The van der Waals surface area contributed by atoms with E-state index in [1.165, 1.54) is 19.3 Å². The van der Waals surface area contributed by atoms with E-state index in [-0.39, 0.29) is 18.6 Å². The van der Waals surface area contributed by atoms with Gasteiger partial charge in [0.1, 0.15) is 0 Å². The normalized spacial score (nSPS) is 12.7. The summed E-state index contributed by atoms with van der Waals surface area (Å²) in [5, 5.41) is 12.0. The lowest BCUT2D eigenvalue weighted by atomic mass is 10.1. The molecule has 0 saturated heterocycles. The van der Waals surface area contributed by atoms with E-state index in [1.807, 2.05) is 4.90 Å². The molecule has 114 valence electrons. The molecule has 0 aromatic heterocycles. The van der Waals surface area contributed by atoms with E-state index < -0.39 is 0 Å². The van der Waals surface area contributed by atoms with E-state index in [2.05, 4.69) is 26.1 Å². The first kappa shape index (κ1) is 18.4. The molecule has 4 heteroatoms. The van der Waals surface area contributed by atoms with Crippen molar-refractivity contribution in [1.82, 2.24) is 10.2 Å². The van der Waals surface area contributed by atoms with Crippen LogP contribution in [0.4, 0.5) is 0 Å². The summed E-state index contributed by atoms with van der Waals surface area (Å²) in [4.78, 5) is 13.9. The molecular formula is C15H32N2O2. The maximum Gasteiger partial charge on any atom is 0.234 e. The highest BCUT2D eigenvalue weighted by Gasteiger charge is 2.12. The van der Waals surface area contributed by atoms with Crippen molar-refractivity contribution < 1.29 is 9.90 Å². The van der Waals surface area contributed by atoms with Crippen molar-refractivity contribution in [1.29, 1.82) is 0 Å². The molecule has 4 nitrogen and oxygen atoms in total. The molecule has 19 heavy (non-hydrogen) atoms. The lowest BCUT2D eigenvalue weighted by Crippen LogP contribution is -2.42. The van der Waals surface area contributed by atoms with Gasteiger partial charge in [-0.2, -0.15) is 0 Å². The first-order chi connectivity index (χ1) is 9.13. The SMILES string of the molecule is CCCCCC(C)NC(=O)CN(CCO)CCCC. The monoisotopic (exact) mass is 272 g/mol. The Balaban J connectivity index is 3.89. The van der Waals surface area contributed by atoms with Crippen molar-refractivity contribution in [3.8, 4) is 0 Å². The van der Waals surface area contributed by atoms with Gasteiger partial charge in [0.15, 0.2) is 0 Å². The molecule has 0 spiro atoms. The molecular weight excluding hydrogens is 240 g/mol. The quantitative estimate of drug-likeness (QED) is 0.535. The molecule has 0 rings (SSSR count). The minimum absolute atomic E-state index is 0.0774. The molecule has 0 bridgehead atoms. The molecule has 1 atom stereocenters. The summed E-state index contributed by atoms with van der Waals surface area (Å²) in [5.74, 6) is 0.0774. The van der Waals surface area contributed by atoms with Crippen molar-refractivity contribution in [2.24, 2.45) is 0 Å². The number of unbranched alkanes of at least 4 members (excludes halogenated alkanes) is 3. The average Bonchev–Trinajstić information content (AvgIpc) is 2.36. The Hall–Kier alpha value is -0.610. The van der Waals surface area contributed by atoms with E-state index in [9.17, 15) is 4.79 Å². The summed E-state index contributed by atoms with van der Waals surface area (Å²) in [5.41, 5.74) is 0. The number of carbonyl (C=O) groups excluding carboxylic acids is 1. The van der Waals surface area contributed by atoms with Crippen LogP contribution in [0.25, 0.3) is 0 Å². The largest absolute Gasteiger partial charge is 0.395 e. The molecule has 1 unspecified atom stereocenters. The topological polar surface area (TPSA) is 52.6 Å². The fourth-order valence-corrected chi connectivity index (χ4v) is 2.09. The Kier molecular flexibility index (Phi) is 12.0. The van der Waals surface area contributed by atoms with Crippen molar-refractivity contribution in [2.45, 2.75) is 65.3 Å². The van der Waals surface area contributed by atoms with Gasteiger partial charge in [0, 0.05) is 12.6 Å². The summed E-state index contributed by atoms with van der Waals surface area (Å²) in [6.45, 7) is 8.36. The third-order valence-electron chi connectivity index (χ3n) is 3.26. The van der Waals surface area contributed by atoms with Crippen LogP contribution in [-0.4, -0.2) is 48.2 Å². The highest BCUT2D eigenvalue weighted by Crippen LogP contribution is 2.03. The molecule has 0 aliphatic rings. The molecule has 0 fully saturated rings. The van der Waals surface area contributed by atoms with E-state index in [0.717, 1.165) is 25.8 Å². The second-order valence-electron chi connectivity index (χ2n) is 5.32. The fourth-order valence-electron chi connectivity index (χ4n) is 2.09. The predicted octanol–water partition coefficient (Wildman–Crippen LogP) is 2.17. The van der Waals surface area contributed by atoms with Crippen LogP contribution in [-0.2, 0) is 4.79 Å². The number of aliphatic hydroxyl groups excluding tert-OH is 1. The van der Waals surface area contributed by atoms with Gasteiger partial charge in [-0.1, -0.05) is 39.5 Å². The number of nitrogens with one attached hydrogen (secondary N) is 1. The van der Waals surface area contributed by atoms with Gasteiger partial charge in [0.2, 0.25) is 5.91 Å². The van der Waals surface area contributed by atoms with E-state index in [0.29, 0.717) is 13.1 Å². The predicted molar refractivity (Wildman–Crippen MR) is 80.2 cm³/mol. The van der Waals surface area contributed by atoms with Gasteiger partial charge in [0.25, 0.3) is 0 Å². The van der Waals surface area contributed by atoms with Crippen molar-refractivity contribution in [3.05, 3.63) is 0 Å². The number of aliphatic hydroxyl groups is 1. The number of hydrogen-bond donors (Lipinski definition) is 2. The summed E-state index contributed by atoms with van der Waals surface area (Å²) in [7, 11) is 0. The summed E-state index contributed by atoms with van der Waals surface area (Å²) in [6.07, 6.45) is 6.84. The number of rotatable bonds is 12. The number of carbonyl (C=O) groups is 1. The fraction of sp³-hybridized carbons (Fsp3) is 0.933. The van der Waals surface area contributed by atoms with Gasteiger partial charge >= 0.3 is 0 Å². The molecule has 0 aliphatic carbocycles. The summed E-state index contributed by atoms with van der Waals surface area (Å²) >= 11 is 0. The Morgan fingerprint density at radius 3 is 2.42 bits per heavy atom. The van der Waals surface area contributed by atoms with Crippen LogP contribution in [0.3, 0.4) is 0 Å². The second kappa shape index (κ2) is 12.4. The van der Waals surface area contributed by atoms with E-state index in [1.54, 1.807) is 0 Å². The molecule has 2 N–H and O–H groups in total. The van der Waals surface area contributed by atoms with Crippen molar-refractivity contribution in [3.63, 3.8) is 0 Å². The second-order valence-corrected chi connectivity index (χ2v) is 5.32. The Bertz CT molecular complexity index is 222. The highest BCUT2D eigenvalue weighted by molar-refractivity contribution is 5.78.